The molecule has 1 aliphatic heterocycles. The van der Waals surface area contributed by atoms with Gasteiger partial charge >= 0.3 is 6.03 Å². The number of amides is 2. The minimum Gasteiger partial charge on any atom is -0.359 e. The normalized spacial score (nSPS) is 17.8. The second kappa shape index (κ2) is 6.01. The van der Waals surface area contributed by atoms with Gasteiger partial charge in [0.1, 0.15) is 0 Å². The number of urea groups is 1. The number of halogens is 1. The minimum absolute atomic E-state index is 0.0549. The molecule has 2 heterocycles. The molecule has 6 heteroatoms. The molecule has 1 aliphatic rings. The van der Waals surface area contributed by atoms with E-state index in [1.165, 1.54) is 0 Å². The minimum atomic E-state index is -0.137. The molecule has 1 aromatic carbocycles. The summed E-state index contributed by atoms with van der Waals surface area (Å²) in [5, 5.41) is 7.49. The van der Waals surface area contributed by atoms with Gasteiger partial charge in [-0.05, 0) is 44.4 Å². The van der Waals surface area contributed by atoms with Crippen molar-refractivity contribution in [2.45, 2.75) is 32.7 Å². The van der Waals surface area contributed by atoms with E-state index in [1.807, 2.05) is 38.1 Å². The monoisotopic (exact) mass is 319 g/mol. The Labute approximate surface area is 134 Å². The van der Waals surface area contributed by atoms with Gasteiger partial charge in [-0.2, -0.15) is 0 Å². The number of aryl methyl sites for hydroxylation is 1. The molecule has 0 unspecified atom stereocenters. The molecule has 0 radical (unpaired) electrons. The number of anilines is 1. The predicted molar refractivity (Wildman–Crippen MR) is 85.1 cm³/mol. The highest BCUT2D eigenvalue weighted by Gasteiger charge is 2.32. The molecule has 1 N–H and O–H groups in total. The molecule has 3 rings (SSSR count). The lowest BCUT2D eigenvalue weighted by Gasteiger charge is -2.23. The van der Waals surface area contributed by atoms with Gasteiger partial charge in [0.2, 0.25) is 0 Å². The highest BCUT2D eigenvalue weighted by atomic mass is 35.5. The van der Waals surface area contributed by atoms with E-state index in [-0.39, 0.29) is 12.1 Å². The predicted octanol–water partition coefficient (Wildman–Crippen LogP) is 4.31. The van der Waals surface area contributed by atoms with Gasteiger partial charge in [0.05, 0.1) is 11.7 Å². The van der Waals surface area contributed by atoms with Crippen LogP contribution < -0.4 is 5.32 Å². The van der Waals surface area contributed by atoms with Crippen molar-refractivity contribution in [2.75, 3.05) is 11.9 Å². The number of rotatable bonds is 2. The quantitative estimate of drug-likeness (QED) is 0.897. The Balaban J connectivity index is 1.78. The van der Waals surface area contributed by atoms with Gasteiger partial charge in [-0.3, -0.25) is 0 Å². The Morgan fingerprint density at radius 1 is 1.45 bits per heavy atom. The van der Waals surface area contributed by atoms with E-state index in [1.54, 1.807) is 4.90 Å². The topological polar surface area (TPSA) is 58.4 Å². The molecule has 22 heavy (non-hydrogen) atoms. The van der Waals surface area contributed by atoms with E-state index in [0.29, 0.717) is 11.6 Å². The molecular formula is C16H18ClN3O2. The number of hydrogen-bond acceptors (Lipinski definition) is 3. The Morgan fingerprint density at radius 3 is 3.00 bits per heavy atom. The fraction of sp³-hybridized carbons (Fsp3) is 0.375. The van der Waals surface area contributed by atoms with Gasteiger partial charge in [-0.1, -0.05) is 22.8 Å². The maximum absolute atomic E-state index is 12.6. The lowest BCUT2D eigenvalue weighted by atomic mass is 10.1. The van der Waals surface area contributed by atoms with Crippen molar-refractivity contribution < 1.29 is 9.32 Å². The van der Waals surface area contributed by atoms with Crippen LogP contribution in [0.25, 0.3) is 0 Å². The zero-order valence-electron chi connectivity index (χ0n) is 12.6. The van der Waals surface area contributed by atoms with Crippen LogP contribution in [0.4, 0.5) is 10.5 Å². The molecule has 0 bridgehead atoms. The first-order valence-corrected chi connectivity index (χ1v) is 7.70. The van der Waals surface area contributed by atoms with E-state index in [2.05, 4.69) is 10.5 Å². The number of nitrogens with one attached hydrogen (secondary N) is 1. The van der Waals surface area contributed by atoms with Crippen molar-refractivity contribution in [2.24, 2.45) is 0 Å². The van der Waals surface area contributed by atoms with Gasteiger partial charge < -0.3 is 14.7 Å². The van der Waals surface area contributed by atoms with E-state index < -0.39 is 0 Å². The van der Waals surface area contributed by atoms with Gasteiger partial charge in [0, 0.05) is 23.3 Å². The number of hydrogen-bond donors (Lipinski definition) is 1. The standard InChI is InChI=1S/C16H18ClN3O2/c1-10-9-15(22-19-10)14-7-4-8-20(14)16(21)18-13-6-3-5-12(17)11(13)2/h3,5-6,9,14H,4,7-8H2,1-2H3,(H,18,21)/t14-/m1/s1. The largest absolute Gasteiger partial charge is 0.359 e. The fourth-order valence-electron chi connectivity index (χ4n) is 2.78. The van der Waals surface area contributed by atoms with Gasteiger partial charge in [-0.25, -0.2) is 4.79 Å². The fourth-order valence-corrected chi connectivity index (χ4v) is 2.95. The van der Waals surface area contributed by atoms with Crippen LogP contribution in [0, 0.1) is 13.8 Å². The van der Waals surface area contributed by atoms with Gasteiger partial charge in [-0.15, -0.1) is 0 Å². The number of benzene rings is 1. The third kappa shape index (κ3) is 2.81. The van der Waals surface area contributed by atoms with Crippen LogP contribution >= 0.6 is 11.6 Å². The lowest BCUT2D eigenvalue weighted by molar-refractivity contribution is 0.195. The first-order chi connectivity index (χ1) is 10.6. The Hall–Kier alpha value is -2.01. The summed E-state index contributed by atoms with van der Waals surface area (Å²) in [7, 11) is 0. The summed E-state index contributed by atoms with van der Waals surface area (Å²) in [4.78, 5) is 14.4. The zero-order valence-corrected chi connectivity index (χ0v) is 13.4. The average molecular weight is 320 g/mol. The maximum Gasteiger partial charge on any atom is 0.322 e. The third-order valence-electron chi connectivity index (χ3n) is 4.00. The molecule has 1 fully saturated rings. The highest BCUT2D eigenvalue weighted by Crippen LogP contribution is 2.33. The van der Waals surface area contributed by atoms with Crippen molar-refractivity contribution in [3.05, 3.63) is 46.3 Å². The first kappa shape index (κ1) is 14.9. The van der Waals surface area contributed by atoms with E-state index >= 15 is 0 Å². The molecule has 0 saturated carbocycles. The Morgan fingerprint density at radius 2 is 2.27 bits per heavy atom. The maximum atomic E-state index is 12.6. The van der Waals surface area contributed by atoms with Crippen LogP contribution in [-0.4, -0.2) is 22.6 Å². The molecule has 0 aliphatic carbocycles. The smallest absolute Gasteiger partial charge is 0.322 e. The first-order valence-electron chi connectivity index (χ1n) is 7.32. The van der Waals surface area contributed by atoms with Crippen LogP contribution in [0.3, 0.4) is 0 Å². The SMILES string of the molecule is Cc1cc([C@H]2CCCN2C(=O)Nc2cccc(Cl)c2C)on1. The molecule has 0 spiro atoms. The van der Waals surface area contributed by atoms with Crippen molar-refractivity contribution in [1.29, 1.82) is 0 Å². The van der Waals surface area contributed by atoms with Gasteiger partial charge in [0.25, 0.3) is 0 Å². The average Bonchev–Trinajstić information content (AvgIpc) is 3.12. The number of aromatic nitrogens is 1. The van der Waals surface area contributed by atoms with E-state index in [9.17, 15) is 4.79 Å². The van der Waals surface area contributed by atoms with Crippen LogP contribution in [0.15, 0.2) is 28.8 Å². The summed E-state index contributed by atoms with van der Waals surface area (Å²) < 4.78 is 5.33. The summed E-state index contributed by atoms with van der Waals surface area (Å²) in [6.45, 7) is 4.47. The Kier molecular flexibility index (Phi) is 4.07. The molecule has 1 saturated heterocycles. The zero-order chi connectivity index (χ0) is 15.7. The lowest BCUT2D eigenvalue weighted by Crippen LogP contribution is -2.34. The van der Waals surface area contributed by atoms with Gasteiger partial charge in [0.15, 0.2) is 5.76 Å². The van der Waals surface area contributed by atoms with Crippen molar-refractivity contribution in [3.8, 4) is 0 Å². The third-order valence-corrected chi connectivity index (χ3v) is 4.41. The van der Waals surface area contributed by atoms with Crippen molar-refractivity contribution in [1.82, 2.24) is 10.1 Å². The summed E-state index contributed by atoms with van der Waals surface area (Å²) in [5.74, 6) is 0.743. The molecule has 5 nitrogen and oxygen atoms in total. The van der Waals surface area contributed by atoms with Crippen molar-refractivity contribution >= 4 is 23.3 Å². The van der Waals surface area contributed by atoms with Crippen molar-refractivity contribution in [3.63, 3.8) is 0 Å². The van der Waals surface area contributed by atoms with Crippen LogP contribution in [0.2, 0.25) is 5.02 Å². The number of nitrogens with zero attached hydrogens (tertiary/aromatic N) is 2. The second-order valence-corrected chi connectivity index (χ2v) is 5.97. The number of carbonyl (C=O) groups excluding carboxylic acids is 1. The molecule has 1 atom stereocenters. The summed E-state index contributed by atoms with van der Waals surface area (Å²) in [6.07, 6.45) is 1.84. The summed E-state index contributed by atoms with van der Waals surface area (Å²) >= 11 is 6.10. The molecule has 1 aromatic heterocycles. The summed E-state index contributed by atoms with van der Waals surface area (Å²) in [5.41, 5.74) is 2.42. The van der Waals surface area contributed by atoms with Crippen LogP contribution in [-0.2, 0) is 0 Å². The Bertz CT molecular complexity index is 698. The second-order valence-electron chi connectivity index (χ2n) is 5.56. The number of carbonyl (C=O) groups is 1. The molecule has 2 amide bonds. The van der Waals surface area contributed by atoms with Crippen LogP contribution in [0.5, 0.6) is 0 Å². The van der Waals surface area contributed by atoms with E-state index in [0.717, 1.165) is 35.5 Å². The number of likely N-dealkylation sites (tertiary alicyclic amines) is 1. The summed E-state index contributed by atoms with van der Waals surface area (Å²) in [6, 6.07) is 7.18. The van der Waals surface area contributed by atoms with Crippen LogP contribution in [0.1, 0.15) is 35.9 Å². The molecular weight excluding hydrogens is 302 g/mol. The molecule has 2 aromatic rings. The molecule has 116 valence electrons. The highest BCUT2D eigenvalue weighted by molar-refractivity contribution is 6.31. The van der Waals surface area contributed by atoms with E-state index in [4.69, 9.17) is 16.1 Å².